The Balaban J connectivity index is 2.37. The highest BCUT2D eigenvalue weighted by molar-refractivity contribution is 5.85. The third-order valence-electron chi connectivity index (χ3n) is 2.50. The molecule has 1 amide bonds. The van der Waals surface area contributed by atoms with Crippen molar-refractivity contribution in [2.24, 2.45) is 5.92 Å². The van der Waals surface area contributed by atoms with Gasteiger partial charge in [-0.3, -0.25) is 4.79 Å². The van der Waals surface area contributed by atoms with Gasteiger partial charge in [0.25, 0.3) is 0 Å². The zero-order valence-corrected chi connectivity index (χ0v) is 11.7. The molecule has 0 saturated carbocycles. The summed E-state index contributed by atoms with van der Waals surface area (Å²) in [7, 11) is 0. The standard InChI is InChI=1S/C15H21NO3/c1-11(2)10-19-15(18)12(3)16-14(17)9-13-7-5-4-6-8-13/h4-8,11-12H,9-10H2,1-3H3,(H,16,17). The molecule has 1 unspecified atom stereocenters. The predicted octanol–water partition coefficient (Wildman–Crippen LogP) is 1.93. The van der Waals surface area contributed by atoms with Crippen molar-refractivity contribution in [3.8, 4) is 0 Å². The van der Waals surface area contributed by atoms with E-state index in [0.717, 1.165) is 5.56 Å². The van der Waals surface area contributed by atoms with Crippen molar-refractivity contribution in [3.63, 3.8) is 0 Å². The first kappa shape index (κ1) is 15.2. The Hall–Kier alpha value is -1.84. The summed E-state index contributed by atoms with van der Waals surface area (Å²) in [6, 6.07) is 8.79. The molecule has 0 aliphatic carbocycles. The average molecular weight is 263 g/mol. The van der Waals surface area contributed by atoms with E-state index in [2.05, 4.69) is 5.32 Å². The van der Waals surface area contributed by atoms with Crippen molar-refractivity contribution in [3.05, 3.63) is 35.9 Å². The minimum Gasteiger partial charge on any atom is -0.464 e. The van der Waals surface area contributed by atoms with Crippen molar-refractivity contribution < 1.29 is 14.3 Å². The summed E-state index contributed by atoms with van der Waals surface area (Å²) in [5.41, 5.74) is 0.919. The number of carbonyl (C=O) groups is 2. The molecule has 1 aromatic carbocycles. The molecule has 4 heteroatoms. The van der Waals surface area contributed by atoms with Gasteiger partial charge in [0.05, 0.1) is 13.0 Å². The number of esters is 1. The first-order valence-corrected chi connectivity index (χ1v) is 6.49. The van der Waals surface area contributed by atoms with E-state index < -0.39 is 12.0 Å². The van der Waals surface area contributed by atoms with Crippen molar-refractivity contribution in [2.75, 3.05) is 6.61 Å². The monoisotopic (exact) mass is 263 g/mol. The highest BCUT2D eigenvalue weighted by Crippen LogP contribution is 2.00. The van der Waals surface area contributed by atoms with Crippen LogP contribution in [0.5, 0.6) is 0 Å². The van der Waals surface area contributed by atoms with Crippen LogP contribution in [-0.4, -0.2) is 24.5 Å². The van der Waals surface area contributed by atoms with Gasteiger partial charge < -0.3 is 10.1 Å². The Labute approximate surface area is 114 Å². The van der Waals surface area contributed by atoms with Crippen LogP contribution in [0.25, 0.3) is 0 Å². The van der Waals surface area contributed by atoms with E-state index in [0.29, 0.717) is 6.61 Å². The molecule has 0 aliphatic rings. The fourth-order valence-corrected chi connectivity index (χ4v) is 1.51. The van der Waals surface area contributed by atoms with Crippen molar-refractivity contribution in [1.29, 1.82) is 0 Å². The Morgan fingerprint density at radius 1 is 1.16 bits per heavy atom. The Morgan fingerprint density at radius 2 is 1.79 bits per heavy atom. The number of benzene rings is 1. The van der Waals surface area contributed by atoms with Gasteiger partial charge in [0.1, 0.15) is 6.04 Å². The van der Waals surface area contributed by atoms with Crippen LogP contribution in [0.1, 0.15) is 26.3 Å². The number of carbonyl (C=O) groups excluding carboxylic acids is 2. The van der Waals surface area contributed by atoms with Gasteiger partial charge in [0, 0.05) is 0 Å². The van der Waals surface area contributed by atoms with Gasteiger partial charge in [-0.1, -0.05) is 44.2 Å². The van der Waals surface area contributed by atoms with Crippen LogP contribution < -0.4 is 5.32 Å². The maximum absolute atomic E-state index is 11.7. The van der Waals surface area contributed by atoms with Crippen LogP contribution in [0.3, 0.4) is 0 Å². The van der Waals surface area contributed by atoms with E-state index in [1.807, 2.05) is 44.2 Å². The number of rotatable bonds is 6. The lowest BCUT2D eigenvalue weighted by molar-refractivity contribution is -0.148. The summed E-state index contributed by atoms with van der Waals surface area (Å²) in [6.07, 6.45) is 0.267. The molecule has 0 aromatic heterocycles. The Kier molecular flexibility index (Phi) is 6.06. The molecule has 1 rings (SSSR count). The first-order valence-electron chi connectivity index (χ1n) is 6.49. The first-order chi connectivity index (χ1) is 8.99. The summed E-state index contributed by atoms with van der Waals surface area (Å²) < 4.78 is 5.06. The lowest BCUT2D eigenvalue weighted by atomic mass is 10.1. The molecule has 0 heterocycles. The van der Waals surface area contributed by atoms with Gasteiger partial charge in [-0.15, -0.1) is 0 Å². The molecule has 0 fully saturated rings. The molecule has 104 valence electrons. The van der Waals surface area contributed by atoms with Crippen molar-refractivity contribution in [1.82, 2.24) is 5.32 Å². The minimum absolute atomic E-state index is 0.180. The van der Waals surface area contributed by atoms with Gasteiger partial charge in [0.15, 0.2) is 0 Å². The van der Waals surface area contributed by atoms with Gasteiger partial charge in [-0.25, -0.2) is 4.79 Å². The summed E-state index contributed by atoms with van der Waals surface area (Å²) in [5.74, 6) is -0.286. The Bertz CT molecular complexity index is 415. The van der Waals surface area contributed by atoms with E-state index in [1.165, 1.54) is 0 Å². The summed E-state index contributed by atoms with van der Waals surface area (Å²) >= 11 is 0. The van der Waals surface area contributed by atoms with Gasteiger partial charge in [-0.05, 0) is 18.4 Å². The lowest BCUT2D eigenvalue weighted by Crippen LogP contribution is -2.40. The van der Waals surface area contributed by atoms with Crippen LogP contribution in [0.4, 0.5) is 0 Å². The number of ether oxygens (including phenoxy) is 1. The Morgan fingerprint density at radius 3 is 2.37 bits per heavy atom. The van der Waals surface area contributed by atoms with Crippen LogP contribution in [0.2, 0.25) is 0 Å². The maximum Gasteiger partial charge on any atom is 0.328 e. The van der Waals surface area contributed by atoms with Crippen LogP contribution in [-0.2, 0) is 20.7 Å². The molecule has 0 bridgehead atoms. The third kappa shape index (κ3) is 6.04. The molecular formula is C15H21NO3. The minimum atomic E-state index is -0.616. The van der Waals surface area contributed by atoms with E-state index >= 15 is 0 Å². The summed E-state index contributed by atoms with van der Waals surface area (Å²) in [4.78, 5) is 23.3. The fraction of sp³-hybridized carbons (Fsp3) is 0.467. The molecular weight excluding hydrogens is 242 g/mol. The molecule has 1 N–H and O–H groups in total. The van der Waals surface area contributed by atoms with Crippen LogP contribution >= 0.6 is 0 Å². The van der Waals surface area contributed by atoms with Gasteiger partial charge in [0.2, 0.25) is 5.91 Å². The van der Waals surface area contributed by atoms with Crippen molar-refractivity contribution >= 4 is 11.9 Å². The topological polar surface area (TPSA) is 55.4 Å². The number of hydrogen-bond acceptors (Lipinski definition) is 3. The molecule has 0 spiro atoms. The highest BCUT2D eigenvalue weighted by atomic mass is 16.5. The second kappa shape index (κ2) is 7.56. The molecule has 4 nitrogen and oxygen atoms in total. The van der Waals surface area contributed by atoms with Gasteiger partial charge in [-0.2, -0.15) is 0 Å². The smallest absolute Gasteiger partial charge is 0.328 e. The molecule has 0 saturated heterocycles. The summed E-state index contributed by atoms with van der Waals surface area (Å²) in [5, 5.41) is 2.64. The van der Waals surface area contributed by atoms with E-state index in [-0.39, 0.29) is 18.2 Å². The zero-order valence-electron chi connectivity index (χ0n) is 11.7. The number of nitrogens with one attached hydrogen (secondary N) is 1. The SMILES string of the molecule is CC(C)COC(=O)C(C)NC(=O)Cc1ccccc1. The second-order valence-electron chi connectivity index (χ2n) is 4.98. The fourth-order valence-electron chi connectivity index (χ4n) is 1.51. The third-order valence-corrected chi connectivity index (χ3v) is 2.50. The van der Waals surface area contributed by atoms with E-state index in [1.54, 1.807) is 6.92 Å². The number of hydrogen-bond donors (Lipinski definition) is 1. The predicted molar refractivity (Wildman–Crippen MR) is 73.5 cm³/mol. The van der Waals surface area contributed by atoms with E-state index in [4.69, 9.17) is 4.74 Å². The maximum atomic E-state index is 11.7. The second-order valence-corrected chi connectivity index (χ2v) is 4.98. The largest absolute Gasteiger partial charge is 0.464 e. The van der Waals surface area contributed by atoms with Crippen LogP contribution in [0, 0.1) is 5.92 Å². The molecule has 0 radical (unpaired) electrons. The van der Waals surface area contributed by atoms with E-state index in [9.17, 15) is 9.59 Å². The zero-order chi connectivity index (χ0) is 14.3. The molecule has 19 heavy (non-hydrogen) atoms. The number of amides is 1. The van der Waals surface area contributed by atoms with Gasteiger partial charge >= 0.3 is 5.97 Å². The normalized spacial score (nSPS) is 12.0. The van der Waals surface area contributed by atoms with Crippen molar-refractivity contribution in [2.45, 2.75) is 33.2 Å². The molecule has 0 aliphatic heterocycles. The quantitative estimate of drug-likeness (QED) is 0.798. The average Bonchev–Trinajstić information content (AvgIpc) is 2.36. The highest BCUT2D eigenvalue weighted by Gasteiger charge is 2.17. The summed E-state index contributed by atoms with van der Waals surface area (Å²) in [6.45, 7) is 5.93. The molecule has 1 atom stereocenters. The van der Waals surface area contributed by atoms with Crippen LogP contribution in [0.15, 0.2) is 30.3 Å². The lowest BCUT2D eigenvalue weighted by Gasteiger charge is -2.14. The molecule has 1 aromatic rings.